The Morgan fingerprint density at radius 2 is 0.872 bits per heavy atom. The van der Waals surface area contributed by atoms with Crippen LogP contribution in [0.4, 0.5) is 0 Å². The van der Waals surface area contributed by atoms with Crippen LogP contribution in [0.5, 0.6) is 0 Å². The third-order valence-electron chi connectivity index (χ3n) is 8.73. The Balaban J connectivity index is 0.947. The lowest BCUT2D eigenvalue weighted by Crippen LogP contribution is -2.00. The van der Waals surface area contributed by atoms with Crippen molar-refractivity contribution in [3.63, 3.8) is 0 Å². The van der Waals surface area contributed by atoms with E-state index in [1.165, 1.54) is 59.6 Å². The van der Waals surface area contributed by atoms with E-state index in [0.29, 0.717) is 17.5 Å². The van der Waals surface area contributed by atoms with Gasteiger partial charge in [0, 0.05) is 28.5 Å². The van der Waals surface area contributed by atoms with Gasteiger partial charge in [0.1, 0.15) is 0 Å². The van der Waals surface area contributed by atoms with Gasteiger partial charge in [0.2, 0.25) is 0 Å². The molecule has 0 N–H and O–H groups in total. The maximum absolute atomic E-state index is 4.95. The summed E-state index contributed by atoms with van der Waals surface area (Å²) in [6.45, 7) is 0. The Bertz CT molecular complexity index is 2040. The number of nitrogens with zero attached hydrogens (tertiary/aromatic N) is 4. The Hall–Kier alpha value is -5.48. The van der Waals surface area contributed by atoms with Crippen molar-refractivity contribution in [2.75, 3.05) is 0 Å². The fourth-order valence-corrected chi connectivity index (χ4v) is 6.06. The Kier molecular flexibility index (Phi) is 9.47. The molecule has 0 aliphatic carbocycles. The second-order valence-corrected chi connectivity index (χ2v) is 12.1. The van der Waals surface area contributed by atoms with E-state index in [2.05, 4.69) is 102 Å². The van der Waals surface area contributed by atoms with Crippen molar-refractivity contribution in [2.24, 2.45) is 0 Å². The summed E-state index contributed by atoms with van der Waals surface area (Å²) in [6, 6.07) is 48.6. The third-order valence-corrected chi connectivity index (χ3v) is 8.73. The topological polar surface area (TPSA) is 51.6 Å². The maximum atomic E-state index is 4.95. The van der Waals surface area contributed by atoms with E-state index in [4.69, 9.17) is 15.0 Å². The first-order chi connectivity index (χ1) is 23.3. The van der Waals surface area contributed by atoms with Crippen LogP contribution < -0.4 is 0 Å². The first kappa shape index (κ1) is 30.2. The third kappa shape index (κ3) is 7.67. The number of hydrogen-bond acceptors (Lipinski definition) is 4. The second-order valence-electron chi connectivity index (χ2n) is 12.1. The van der Waals surface area contributed by atoms with Crippen LogP contribution in [0.25, 0.3) is 56.2 Å². The molecule has 4 nitrogen and oxygen atoms in total. The zero-order valence-corrected chi connectivity index (χ0v) is 26.6. The standard InChI is InChI=1S/C43H38N4/c1(2-5-13-32-20-24-35(25-21-32)40-19-11-12-30-44-40)3-6-14-33-22-26-37(27-23-33)42-45-41(36-16-7-4-8-17-36)46-43(47-42)39-29-28-34-15-9-10-18-38(34)31-39/h4,7-12,15-31H,1-3,5-6,13-14H2. The minimum Gasteiger partial charge on any atom is -0.256 e. The van der Waals surface area contributed by atoms with E-state index in [1.54, 1.807) is 0 Å². The van der Waals surface area contributed by atoms with Gasteiger partial charge in [-0.1, -0.05) is 141 Å². The molecule has 5 aromatic carbocycles. The lowest BCUT2D eigenvalue weighted by Gasteiger charge is -2.10. The van der Waals surface area contributed by atoms with Gasteiger partial charge < -0.3 is 0 Å². The molecule has 7 aromatic rings. The number of rotatable bonds is 12. The summed E-state index contributed by atoms with van der Waals surface area (Å²) in [7, 11) is 0. The van der Waals surface area contributed by atoms with Crippen LogP contribution in [0.2, 0.25) is 0 Å². The number of aryl methyl sites for hydroxylation is 2. The molecule has 0 aliphatic rings. The van der Waals surface area contributed by atoms with Gasteiger partial charge in [0.25, 0.3) is 0 Å². The summed E-state index contributed by atoms with van der Waals surface area (Å²) in [5.41, 5.74) is 7.94. The molecule has 0 radical (unpaired) electrons. The van der Waals surface area contributed by atoms with E-state index < -0.39 is 0 Å². The smallest absolute Gasteiger partial charge is 0.164 e. The number of fused-ring (bicyclic) bond motifs is 1. The predicted molar refractivity (Wildman–Crippen MR) is 194 cm³/mol. The molecule has 0 fully saturated rings. The molecule has 0 saturated heterocycles. The van der Waals surface area contributed by atoms with E-state index in [1.807, 2.05) is 48.7 Å². The van der Waals surface area contributed by atoms with Crippen LogP contribution in [0.1, 0.15) is 43.2 Å². The molecule has 0 spiro atoms. The first-order valence-electron chi connectivity index (χ1n) is 16.7. The van der Waals surface area contributed by atoms with Crippen molar-refractivity contribution in [3.8, 4) is 45.4 Å². The van der Waals surface area contributed by atoms with Crippen molar-refractivity contribution in [1.82, 2.24) is 19.9 Å². The van der Waals surface area contributed by atoms with Gasteiger partial charge in [-0.05, 0) is 65.8 Å². The summed E-state index contributed by atoms with van der Waals surface area (Å²) >= 11 is 0. The number of aromatic nitrogens is 4. The predicted octanol–water partition coefficient (Wildman–Crippen LogP) is 10.8. The minimum atomic E-state index is 0.685. The van der Waals surface area contributed by atoms with Gasteiger partial charge in [-0.2, -0.15) is 0 Å². The van der Waals surface area contributed by atoms with Crippen molar-refractivity contribution >= 4 is 10.8 Å². The number of unbranched alkanes of at least 4 members (excludes halogenated alkanes) is 4. The fourth-order valence-electron chi connectivity index (χ4n) is 6.06. The number of pyridine rings is 1. The average molecular weight is 611 g/mol. The average Bonchev–Trinajstić information content (AvgIpc) is 3.15. The van der Waals surface area contributed by atoms with Gasteiger partial charge in [-0.3, -0.25) is 4.98 Å². The summed E-state index contributed by atoms with van der Waals surface area (Å²) < 4.78 is 0. The molecular weight excluding hydrogens is 573 g/mol. The van der Waals surface area contributed by atoms with Gasteiger partial charge in [-0.15, -0.1) is 0 Å². The van der Waals surface area contributed by atoms with Crippen molar-refractivity contribution < 1.29 is 0 Å². The summed E-state index contributed by atoms with van der Waals surface area (Å²) in [5, 5.41) is 2.37. The zero-order valence-electron chi connectivity index (χ0n) is 26.6. The van der Waals surface area contributed by atoms with Crippen molar-refractivity contribution in [2.45, 2.75) is 44.9 Å². The highest BCUT2D eigenvalue weighted by Gasteiger charge is 2.13. The molecule has 7 rings (SSSR count). The summed E-state index contributed by atoms with van der Waals surface area (Å²) in [6.07, 6.45) is 10.3. The normalized spacial score (nSPS) is 11.1. The molecular formula is C43H38N4. The fraction of sp³-hybridized carbons (Fsp3) is 0.163. The van der Waals surface area contributed by atoms with Gasteiger partial charge in [-0.25, -0.2) is 15.0 Å². The summed E-state index contributed by atoms with van der Waals surface area (Å²) in [5.74, 6) is 2.06. The van der Waals surface area contributed by atoms with Crippen LogP contribution in [0.3, 0.4) is 0 Å². The molecule has 0 atom stereocenters. The van der Waals surface area contributed by atoms with E-state index in [9.17, 15) is 0 Å². The van der Waals surface area contributed by atoms with Gasteiger partial charge in [0.05, 0.1) is 5.69 Å². The van der Waals surface area contributed by atoms with Crippen LogP contribution in [-0.2, 0) is 12.8 Å². The Labute approximate surface area is 277 Å². The molecule has 230 valence electrons. The molecule has 0 amide bonds. The summed E-state index contributed by atoms with van der Waals surface area (Å²) in [4.78, 5) is 19.2. The molecule has 0 aliphatic heterocycles. The lowest BCUT2D eigenvalue weighted by atomic mass is 10.0. The van der Waals surface area contributed by atoms with Gasteiger partial charge in [0.15, 0.2) is 17.5 Å². The monoisotopic (exact) mass is 610 g/mol. The molecule has 0 bridgehead atoms. The Morgan fingerprint density at radius 1 is 0.362 bits per heavy atom. The minimum absolute atomic E-state index is 0.685. The lowest BCUT2D eigenvalue weighted by molar-refractivity contribution is 0.613. The molecule has 2 aromatic heterocycles. The largest absolute Gasteiger partial charge is 0.256 e. The zero-order chi connectivity index (χ0) is 31.7. The highest BCUT2D eigenvalue weighted by Crippen LogP contribution is 2.27. The van der Waals surface area contributed by atoms with Crippen LogP contribution in [0, 0.1) is 0 Å². The van der Waals surface area contributed by atoms with Crippen LogP contribution in [-0.4, -0.2) is 19.9 Å². The van der Waals surface area contributed by atoms with Crippen LogP contribution in [0.15, 0.2) is 146 Å². The molecule has 47 heavy (non-hydrogen) atoms. The highest BCUT2D eigenvalue weighted by atomic mass is 15.0. The number of benzene rings is 5. The van der Waals surface area contributed by atoms with Gasteiger partial charge >= 0.3 is 0 Å². The molecule has 2 heterocycles. The Morgan fingerprint density at radius 3 is 1.51 bits per heavy atom. The second kappa shape index (κ2) is 14.7. The number of hydrogen-bond donors (Lipinski definition) is 0. The molecule has 4 heteroatoms. The van der Waals surface area contributed by atoms with Crippen molar-refractivity contribution in [3.05, 3.63) is 157 Å². The van der Waals surface area contributed by atoms with Crippen molar-refractivity contribution in [1.29, 1.82) is 0 Å². The first-order valence-corrected chi connectivity index (χ1v) is 16.7. The van der Waals surface area contributed by atoms with E-state index >= 15 is 0 Å². The molecule has 0 unspecified atom stereocenters. The quantitative estimate of drug-likeness (QED) is 0.129. The highest BCUT2D eigenvalue weighted by molar-refractivity contribution is 5.86. The molecule has 0 saturated carbocycles. The maximum Gasteiger partial charge on any atom is 0.164 e. The van der Waals surface area contributed by atoms with Crippen LogP contribution >= 0.6 is 0 Å². The SMILES string of the molecule is c1ccc(-c2nc(-c3ccc(CCCCCCCc4ccc(-c5ccccn5)cc4)cc3)nc(-c3ccc4ccccc4c3)n2)cc1. The van der Waals surface area contributed by atoms with E-state index in [-0.39, 0.29) is 0 Å². The van der Waals surface area contributed by atoms with E-state index in [0.717, 1.165) is 35.2 Å².